The maximum absolute atomic E-state index is 12.4. The Balaban J connectivity index is 2.06. The van der Waals surface area contributed by atoms with E-state index in [1.165, 1.54) is 6.92 Å². The molecule has 1 N–H and O–H groups in total. The number of Topliss-reactive ketones (excluding diaryl/α,β-unsaturated/α-hetero) is 1. The number of carbonyl (C=O) groups is 3. The van der Waals surface area contributed by atoms with Crippen LogP contribution in [0, 0.1) is 0 Å². The van der Waals surface area contributed by atoms with Gasteiger partial charge in [0.2, 0.25) is 0 Å². The molecule has 0 saturated carbocycles. The van der Waals surface area contributed by atoms with Crippen LogP contribution in [0.25, 0.3) is 0 Å². The van der Waals surface area contributed by atoms with Gasteiger partial charge in [-0.2, -0.15) is 0 Å². The minimum absolute atomic E-state index is 0.0620. The molecule has 2 aromatic rings. The summed E-state index contributed by atoms with van der Waals surface area (Å²) in [4.78, 5) is 36.0. The number of ketones is 1. The van der Waals surface area contributed by atoms with Crippen molar-refractivity contribution >= 4 is 29.3 Å². The van der Waals surface area contributed by atoms with Gasteiger partial charge < -0.3 is 14.8 Å². The summed E-state index contributed by atoms with van der Waals surface area (Å²) in [5.41, 5.74) is 1.11. The first-order valence-corrected chi connectivity index (χ1v) is 9.61. The zero-order valence-corrected chi connectivity index (χ0v) is 17.4. The van der Waals surface area contributed by atoms with Crippen molar-refractivity contribution in [3.63, 3.8) is 0 Å². The predicted octanol–water partition coefficient (Wildman–Crippen LogP) is 4.12. The van der Waals surface area contributed by atoms with E-state index in [1.807, 2.05) is 0 Å². The van der Waals surface area contributed by atoms with Gasteiger partial charge in [0, 0.05) is 10.6 Å². The zero-order chi connectivity index (χ0) is 21.4. The highest BCUT2D eigenvalue weighted by molar-refractivity contribution is 6.31. The lowest BCUT2D eigenvalue weighted by Crippen LogP contribution is -2.34. The number of rotatable bonds is 9. The van der Waals surface area contributed by atoms with E-state index in [0.29, 0.717) is 21.9 Å². The van der Waals surface area contributed by atoms with Crippen LogP contribution in [0.4, 0.5) is 0 Å². The number of carbonyl (C=O) groups excluding carboxylic acids is 3. The summed E-state index contributed by atoms with van der Waals surface area (Å²) in [6.07, 6.45) is -0.324. The van der Waals surface area contributed by atoms with E-state index in [9.17, 15) is 14.4 Å². The molecular formula is C22H24ClNO5. The second-order valence-electron chi connectivity index (χ2n) is 6.76. The number of amides is 1. The number of hydrogen-bond donors (Lipinski definition) is 1. The van der Waals surface area contributed by atoms with Crippen molar-refractivity contribution in [3.8, 4) is 5.75 Å². The maximum Gasteiger partial charge on any atom is 0.308 e. The molecule has 0 aliphatic heterocycles. The molecule has 0 aliphatic rings. The Morgan fingerprint density at radius 3 is 2.45 bits per heavy atom. The highest BCUT2D eigenvalue weighted by Crippen LogP contribution is 2.25. The number of nitrogens with one attached hydrogen (secondary N) is 1. The fourth-order valence-corrected chi connectivity index (χ4v) is 2.93. The molecule has 0 bridgehead atoms. The lowest BCUT2D eigenvalue weighted by molar-refractivity contribution is -0.148. The Morgan fingerprint density at radius 1 is 1.07 bits per heavy atom. The first-order chi connectivity index (χ1) is 13.8. The third-order valence-electron chi connectivity index (χ3n) is 3.96. The molecular weight excluding hydrogens is 394 g/mol. The standard InChI is InChI=1S/C22H24ClNO5/c1-14(2)29-22(27)12-20(18-9-4-5-10-19(18)23)24-21(26)13-28-17-8-6-7-16(11-17)15(3)25/h4-11,14,20H,12-13H2,1-3H3,(H,24,26)/t20-/m1/s1. The fraction of sp³-hybridized carbons (Fsp3) is 0.318. The average Bonchev–Trinajstić information content (AvgIpc) is 2.66. The average molecular weight is 418 g/mol. The van der Waals surface area contributed by atoms with Crippen LogP contribution >= 0.6 is 11.6 Å². The molecule has 0 aromatic heterocycles. The molecule has 29 heavy (non-hydrogen) atoms. The molecule has 0 heterocycles. The first kappa shape index (κ1) is 22.4. The molecule has 0 fully saturated rings. The van der Waals surface area contributed by atoms with Crippen molar-refractivity contribution in [3.05, 3.63) is 64.7 Å². The van der Waals surface area contributed by atoms with Crippen molar-refractivity contribution in [2.75, 3.05) is 6.61 Å². The topological polar surface area (TPSA) is 81.7 Å². The van der Waals surface area contributed by atoms with Crippen LogP contribution in [0.1, 0.15) is 49.2 Å². The maximum atomic E-state index is 12.4. The molecule has 0 saturated heterocycles. The summed E-state index contributed by atoms with van der Waals surface area (Å²) >= 11 is 6.25. The molecule has 2 aromatic carbocycles. The first-order valence-electron chi connectivity index (χ1n) is 9.23. The minimum Gasteiger partial charge on any atom is -0.484 e. The molecule has 154 valence electrons. The largest absolute Gasteiger partial charge is 0.484 e. The summed E-state index contributed by atoms with van der Waals surface area (Å²) in [5.74, 6) is -0.565. The van der Waals surface area contributed by atoms with Gasteiger partial charge in [-0.1, -0.05) is 41.9 Å². The summed E-state index contributed by atoms with van der Waals surface area (Å²) in [6, 6.07) is 12.9. The molecule has 7 heteroatoms. The van der Waals surface area contributed by atoms with Gasteiger partial charge >= 0.3 is 5.97 Å². The van der Waals surface area contributed by atoms with Crippen molar-refractivity contribution in [2.24, 2.45) is 0 Å². The minimum atomic E-state index is -0.658. The van der Waals surface area contributed by atoms with Crippen molar-refractivity contribution < 1.29 is 23.9 Å². The number of esters is 1. The lowest BCUT2D eigenvalue weighted by atomic mass is 10.0. The summed E-state index contributed by atoms with van der Waals surface area (Å²) in [7, 11) is 0. The van der Waals surface area contributed by atoms with Crippen molar-refractivity contribution in [1.82, 2.24) is 5.32 Å². The Hall–Kier alpha value is -2.86. The number of benzene rings is 2. The van der Waals surface area contributed by atoms with E-state index in [2.05, 4.69) is 5.32 Å². The van der Waals surface area contributed by atoms with Crippen LogP contribution in [-0.4, -0.2) is 30.4 Å². The predicted molar refractivity (Wildman–Crippen MR) is 110 cm³/mol. The van der Waals surface area contributed by atoms with Crippen LogP contribution < -0.4 is 10.1 Å². The van der Waals surface area contributed by atoms with Crippen molar-refractivity contribution in [1.29, 1.82) is 0 Å². The summed E-state index contributed by atoms with van der Waals surface area (Å²) in [6.45, 7) is 4.69. The van der Waals surface area contributed by atoms with Gasteiger partial charge in [-0.15, -0.1) is 0 Å². The highest BCUT2D eigenvalue weighted by atomic mass is 35.5. The summed E-state index contributed by atoms with van der Waals surface area (Å²) in [5, 5.41) is 3.21. The van der Waals surface area contributed by atoms with Crippen LogP contribution in [0.3, 0.4) is 0 Å². The van der Waals surface area contributed by atoms with Gasteiger partial charge in [-0.05, 0) is 44.5 Å². The molecule has 0 spiro atoms. The molecule has 1 amide bonds. The SMILES string of the molecule is CC(=O)c1cccc(OCC(=O)N[C@H](CC(=O)OC(C)C)c2ccccc2Cl)c1. The van der Waals surface area contributed by atoms with Gasteiger partial charge in [0.05, 0.1) is 18.6 Å². The van der Waals surface area contributed by atoms with E-state index < -0.39 is 17.9 Å². The number of hydrogen-bond acceptors (Lipinski definition) is 5. The third-order valence-corrected chi connectivity index (χ3v) is 4.31. The quantitative estimate of drug-likeness (QED) is 0.490. The smallest absolute Gasteiger partial charge is 0.308 e. The Bertz CT molecular complexity index is 881. The van der Waals surface area contributed by atoms with Gasteiger partial charge in [-0.25, -0.2) is 0 Å². The highest BCUT2D eigenvalue weighted by Gasteiger charge is 2.22. The fourth-order valence-electron chi connectivity index (χ4n) is 2.66. The van der Waals surface area contributed by atoms with E-state index in [1.54, 1.807) is 62.4 Å². The second kappa shape index (κ2) is 10.6. The van der Waals surface area contributed by atoms with Gasteiger partial charge in [0.1, 0.15) is 5.75 Å². The molecule has 0 unspecified atom stereocenters. The van der Waals surface area contributed by atoms with Crippen molar-refractivity contribution in [2.45, 2.75) is 39.3 Å². The van der Waals surface area contributed by atoms with Gasteiger partial charge in [0.25, 0.3) is 5.91 Å². The third kappa shape index (κ3) is 7.23. The summed E-state index contributed by atoms with van der Waals surface area (Å²) < 4.78 is 10.7. The van der Waals surface area contributed by atoms with E-state index in [-0.39, 0.29) is 24.9 Å². The lowest BCUT2D eigenvalue weighted by Gasteiger charge is -2.20. The normalized spacial score (nSPS) is 11.6. The van der Waals surface area contributed by atoms with Gasteiger partial charge in [-0.3, -0.25) is 14.4 Å². The molecule has 6 nitrogen and oxygen atoms in total. The van der Waals surface area contributed by atoms with E-state index in [0.717, 1.165) is 0 Å². The Morgan fingerprint density at radius 2 is 1.79 bits per heavy atom. The molecule has 1 atom stereocenters. The van der Waals surface area contributed by atoms with Crippen LogP contribution in [0.2, 0.25) is 5.02 Å². The van der Waals surface area contributed by atoms with Crippen LogP contribution in [-0.2, 0) is 14.3 Å². The van der Waals surface area contributed by atoms with Crippen LogP contribution in [0.5, 0.6) is 5.75 Å². The molecule has 2 rings (SSSR count). The number of ether oxygens (including phenoxy) is 2. The zero-order valence-electron chi connectivity index (χ0n) is 16.6. The number of halogens is 1. The van der Waals surface area contributed by atoms with Gasteiger partial charge in [0.15, 0.2) is 12.4 Å². The van der Waals surface area contributed by atoms with Crippen LogP contribution in [0.15, 0.2) is 48.5 Å². The van der Waals surface area contributed by atoms with E-state index >= 15 is 0 Å². The monoisotopic (exact) mass is 417 g/mol. The molecule has 0 aliphatic carbocycles. The Kier molecular flexibility index (Phi) is 8.21. The molecule has 0 radical (unpaired) electrons. The van der Waals surface area contributed by atoms with E-state index in [4.69, 9.17) is 21.1 Å². The Labute approximate surface area is 175 Å². The second-order valence-corrected chi connectivity index (χ2v) is 7.16.